The summed E-state index contributed by atoms with van der Waals surface area (Å²) in [6.45, 7) is 3.81. The van der Waals surface area contributed by atoms with E-state index in [1.165, 1.54) is 0 Å². The van der Waals surface area contributed by atoms with E-state index in [4.69, 9.17) is 5.73 Å². The number of benzene rings is 1. The van der Waals surface area contributed by atoms with E-state index >= 15 is 0 Å². The number of phenolic OH excluding ortho intramolecular Hbond substituents is 1. The van der Waals surface area contributed by atoms with Crippen molar-refractivity contribution in [2.24, 2.45) is 5.73 Å². The molecule has 1 unspecified atom stereocenters. The molecule has 0 aliphatic carbocycles. The van der Waals surface area contributed by atoms with Crippen molar-refractivity contribution in [3.05, 3.63) is 29.8 Å². The second-order valence-corrected chi connectivity index (χ2v) is 4.11. The molecule has 3 nitrogen and oxygen atoms in total. The van der Waals surface area contributed by atoms with Crippen molar-refractivity contribution in [1.29, 1.82) is 0 Å². The zero-order valence-corrected chi connectivity index (χ0v) is 10.2. The highest BCUT2D eigenvalue weighted by molar-refractivity contribution is 5.34. The smallest absolute Gasteiger partial charge is 0.120 e. The summed E-state index contributed by atoms with van der Waals surface area (Å²) >= 11 is 0. The van der Waals surface area contributed by atoms with Gasteiger partial charge in [-0.2, -0.15) is 0 Å². The Kier molecular flexibility index (Phi) is 5.29. The average molecular weight is 222 g/mol. The topological polar surface area (TPSA) is 49.5 Å². The van der Waals surface area contributed by atoms with Gasteiger partial charge in [0.15, 0.2) is 0 Å². The second-order valence-electron chi connectivity index (χ2n) is 4.11. The minimum atomic E-state index is 0.271. The molecule has 0 saturated carbocycles. The quantitative estimate of drug-likeness (QED) is 0.775. The molecule has 90 valence electrons. The van der Waals surface area contributed by atoms with Gasteiger partial charge in [0.1, 0.15) is 5.75 Å². The summed E-state index contributed by atoms with van der Waals surface area (Å²) < 4.78 is 0. The Bertz CT molecular complexity index is 315. The molecule has 1 aromatic carbocycles. The van der Waals surface area contributed by atoms with Crippen LogP contribution in [-0.2, 0) is 0 Å². The van der Waals surface area contributed by atoms with Crippen LogP contribution >= 0.6 is 0 Å². The molecule has 0 spiro atoms. The molecule has 0 aromatic heterocycles. The van der Waals surface area contributed by atoms with E-state index in [0.29, 0.717) is 12.3 Å². The Morgan fingerprint density at radius 3 is 2.62 bits per heavy atom. The Labute approximate surface area is 97.9 Å². The van der Waals surface area contributed by atoms with E-state index in [0.717, 1.165) is 24.9 Å². The Hall–Kier alpha value is -1.06. The summed E-state index contributed by atoms with van der Waals surface area (Å²) in [6, 6.07) is 7.82. The summed E-state index contributed by atoms with van der Waals surface area (Å²) in [7, 11) is 2.08. The fourth-order valence-electron chi connectivity index (χ4n) is 2.03. The lowest BCUT2D eigenvalue weighted by Gasteiger charge is -2.27. The summed E-state index contributed by atoms with van der Waals surface area (Å²) in [6.07, 6.45) is 1.97. The fraction of sp³-hybridized carbons (Fsp3) is 0.538. The average Bonchev–Trinajstić information content (AvgIpc) is 2.30. The standard InChI is InChI=1S/C13H22N2O/c1-3-12(15(2)10-6-9-14)11-7-4-5-8-13(11)16/h4-5,7-8,12,16H,3,6,9-10,14H2,1-2H3. The SMILES string of the molecule is CCC(c1ccccc1O)N(C)CCCN. The van der Waals surface area contributed by atoms with E-state index in [1.54, 1.807) is 6.07 Å². The molecular formula is C13H22N2O. The third-order valence-electron chi connectivity index (χ3n) is 2.93. The van der Waals surface area contributed by atoms with Gasteiger partial charge in [0.05, 0.1) is 0 Å². The van der Waals surface area contributed by atoms with Crippen LogP contribution in [0.5, 0.6) is 5.75 Å². The molecule has 0 amide bonds. The van der Waals surface area contributed by atoms with Gasteiger partial charge in [0, 0.05) is 11.6 Å². The molecule has 0 heterocycles. The molecule has 1 aromatic rings. The summed E-state index contributed by atoms with van der Waals surface area (Å²) in [4.78, 5) is 2.25. The molecule has 0 fully saturated rings. The highest BCUT2D eigenvalue weighted by Gasteiger charge is 2.17. The van der Waals surface area contributed by atoms with Gasteiger partial charge in [-0.1, -0.05) is 25.1 Å². The molecule has 0 radical (unpaired) electrons. The molecular weight excluding hydrogens is 200 g/mol. The summed E-state index contributed by atoms with van der Waals surface area (Å²) in [5.74, 6) is 0.383. The first-order valence-electron chi connectivity index (χ1n) is 5.88. The first-order valence-corrected chi connectivity index (χ1v) is 5.88. The van der Waals surface area contributed by atoms with E-state index in [9.17, 15) is 5.11 Å². The lowest BCUT2D eigenvalue weighted by atomic mass is 10.0. The highest BCUT2D eigenvalue weighted by Crippen LogP contribution is 2.29. The molecule has 3 heteroatoms. The van der Waals surface area contributed by atoms with Crippen LogP contribution in [-0.4, -0.2) is 30.1 Å². The predicted octanol–water partition coefficient (Wildman–Crippen LogP) is 2.12. The number of phenols is 1. The van der Waals surface area contributed by atoms with Crippen LogP contribution in [0.2, 0.25) is 0 Å². The highest BCUT2D eigenvalue weighted by atomic mass is 16.3. The summed E-state index contributed by atoms with van der Waals surface area (Å²) in [5, 5.41) is 9.83. The molecule has 1 rings (SSSR count). The lowest BCUT2D eigenvalue weighted by Crippen LogP contribution is -2.26. The number of nitrogens with zero attached hydrogens (tertiary/aromatic N) is 1. The molecule has 16 heavy (non-hydrogen) atoms. The van der Waals surface area contributed by atoms with Gasteiger partial charge in [-0.3, -0.25) is 4.90 Å². The normalized spacial score (nSPS) is 13.0. The van der Waals surface area contributed by atoms with Gasteiger partial charge in [-0.05, 0) is 39.0 Å². The van der Waals surface area contributed by atoms with Crippen molar-refractivity contribution in [2.45, 2.75) is 25.8 Å². The van der Waals surface area contributed by atoms with E-state index in [1.807, 2.05) is 18.2 Å². The van der Waals surface area contributed by atoms with Crippen LogP contribution in [0, 0.1) is 0 Å². The maximum Gasteiger partial charge on any atom is 0.120 e. The fourth-order valence-corrected chi connectivity index (χ4v) is 2.03. The number of rotatable bonds is 6. The van der Waals surface area contributed by atoms with Crippen LogP contribution in [0.3, 0.4) is 0 Å². The van der Waals surface area contributed by atoms with Crippen LogP contribution in [0.25, 0.3) is 0 Å². The Balaban J connectivity index is 2.77. The molecule has 0 aliphatic rings. The largest absolute Gasteiger partial charge is 0.508 e. The van der Waals surface area contributed by atoms with Crippen LogP contribution < -0.4 is 5.73 Å². The van der Waals surface area contributed by atoms with Gasteiger partial charge in [0.25, 0.3) is 0 Å². The number of aromatic hydroxyl groups is 1. The molecule has 1 atom stereocenters. The van der Waals surface area contributed by atoms with Crippen LogP contribution in [0.15, 0.2) is 24.3 Å². The van der Waals surface area contributed by atoms with Crippen molar-refractivity contribution < 1.29 is 5.11 Å². The molecule has 0 saturated heterocycles. The van der Waals surface area contributed by atoms with Gasteiger partial charge < -0.3 is 10.8 Å². The van der Waals surface area contributed by atoms with Crippen molar-refractivity contribution in [1.82, 2.24) is 4.90 Å². The first kappa shape index (κ1) is 13.0. The van der Waals surface area contributed by atoms with Gasteiger partial charge in [-0.25, -0.2) is 0 Å². The number of nitrogens with two attached hydrogens (primary N) is 1. The summed E-state index contributed by atoms with van der Waals surface area (Å²) in [5.41, 5.74) is 6.52. The van der Waals surface area contributed by atoms with Crippen molar-refractivity contribution in [3.63, 3.8) is 0 Å². The van der Waals surface area contributed by atoms with E-state index in [-0.39, 0.29) is 6.04 Å². The van der Waals surface area contributed by atoms with Crippen molar-refractivity contribution in [2.75, 3.05) is 20.1 Å². The number of hydrogen-bond acceptors (Lipinski definition) is 3. The van der Waals surface area contributed by atoms with E-state index in [2.05, 4.69) is 18.9 Å². The van der Waals surface area contributed by atoms with Gasteiger partial charge >= 0.3 is 0 Å². The van der Waals surface area contributed by atoms with Crippen LogP contribution in [0.4, 0.5) is 0 Å². The first-order chi connectivity index (χ1) is 7.70. The maximum absolute atomic E-state index is 9.83. The number of hydrogen-bond donors (Lipinski definition) is 2. The third-order valence-corrected chi connectivity index (χ3v) is 2.93. The van der Waals surface area contributed by atoms with Crippen LogP contribution in [0.1, 0.15) is 31.4 Å². The zero-order valence-electron chi connectivity index (χ0n) is 10.2. The monoisotopic (exact) mass is 222 g/mol. The van der Waals surface area contributed by atoms with E-state index < -0.39 is 0 Å². The Morgan fingerprint density at radius 2 is 2.06 bits per heavy atom. The molecule has 0 aliphatic heterocycles. The number of para-hydroxylation sites is 1. The lowest BCUT2D eigenvalue weighted by molar-refractivity contribution is 0.232. The molecule has 3 N–H and O–H groups in total. The minimum Gasteiger partial charge on any atom is -0.508 e. The van der Waals surface area contributed by atoms with Crippen molar-refractivity contribution in [3.8, 4) is 5.75 Å². The third kappa shape index (κ3) is 3.22. The van der Waals surface area contributed by atoms with Gasteiger partial charge in [0.2, 0.25) is 0 Å². The Morgan fingerprint density at radius 1 is 1.38 bits per heavy atom. The van der Waals surface area contributed by atoms with Crippen molar-refractivity contribution >= 4 is 0 Å². The molecule has 0 bridgehead atoms. The van der Waals surface area contributed by atoms with Gasteiger partial charge in [-0.15, -0.1) is 0 Å². The second kappa shape index (κ2) is 6.51. The predicted molar refractivity (Wildman–Crippen MR) is 67.4 cm³/mol. The maximum atomic E-state index is 9.83. The zero-order chi connectivity index (χ0) is 12.0. The minimum absolute atomic E-state index is 0.271.